The van der Waals surface area contributed by atoms with Gasteiger partial charge in [0, 0.05) is 11.7 Å². The zero-order valence-corrected chi connectivity index (χ0v) is 13.6. The second-order valence-electron chi connectivity index (χ2n) is 6.26. The van der Waals surface area contributed by atoms with E-state index in [2.05, 4.69) is 5.32 Å². The number of rotatable bonds is 3. The molecule has 1 heterocycles. The largest absolute Gasteiger partial charge is 0.328 e. The molecule has 0 bridgehead atoms. The monoisotopic (exact) mass is 348 g/mol. The maximum atomic E-state index is 14.0. The van der Waals surface area contributed by atoms with Gasteiger partial charge < -0.3 is 9.88 Å². The van der Waals surface area contributed by atoms with Crippen molar-refractivity contribution in [1.82, 2.24) is 4.57 Å². The highest BCUT2D eigenvalue weighted by Crippen LogP contribution is 2.26. The molecule has 0 aliphatic carbocycles. The summed E-state index contributed by atoms with van der Waals surface area (Å²) in [7, 11) is 0. The number of carbonyl (C=O) groups excluding carboxylic acids is 1. The Balaban J connectivity index is 2.42. The van der Waals surface area contributed by atoms with Gasteiger partial charge in [-0.25, -0.2) is 4.39 Å². The Morgan fingerprint density at radius 2 is 1.92 bits per heavy atom. The number of aromatic nitrogens is 1. The summed E-state index contributed by atoms with van der Waals surface area (Å²) in [6.45, 7) is 5.49. The van der Waals surface area contributed by atoms with Crippen LogP contribution in [-0.2, 0) is 5.54 Å². The lowest BCUT2D eigenvalue weighted by Gasteiger charge is -2.24. The molecule has 0 aliphatic heterocycles. The number of hydrogen-bond donors (Lipinski definition) is 1. The molecule has 0 saturated heterocycles. The molecule has 130 valence electrons. The SMILES string of the molecule is CC(C)(C)n1cc(C#N)cc1NC(=O)c1cc(F)c([N+](=O)[O-])cc1F. The van der Waals surface area contributed by atoms with Gasteiger partial charge in [0.05, 0.1) is 22.1 Å². The molecule has 0 atom stereocenters. The van der Waals surface area contributed by atoms with E-state index in [-0.39, 0.29) is 11.4 Å². The second-order valence-corrected chi connectivity index (χ2v) is 6.26. The summed E-state index contributed by atoms with van der Waals surface area (Å²) in [6, 6.07) is 4.15. The molecule has 0 aliphatic rings. The van der Waals surface area contributed by atoms with E-state index in [1.165, 1.54) is 12.3 Å². The van der Waals surface area contributed by atoms with E-state index < -0.39 is 39.3 Å². The summed E-state index contributed by atoms with van der Waals surface area (Å²) >= 11 is 0. The van der Waals surface area contributed by atoms with E-state index in [0.717, 1.165) is 0 Å². The third-order valence-corrected chi connectivity index (χ3v) is 3.39. The molecule has 0 saturated carbocycles. The summed E-state index contributed by atoms with van der Waals surface area (Å²) in [4.78, 5) is 21.8. The number of carbonyl (C=O) groups is 1. The number of anilines is 1. The van der Waals surface area contributed by atoms with Crippen LogP contribution in [-0.4, -0.2) is 15.4 Å². The van der Waals surface area contributed by atoms with Crippen molar-refractivity contribution in [2.45, 2.75) is 26.3 Å². The molecule has 1 N–H and O–H groups in total. The Bertz CT molecular complexity index is 907. The van der Waals surface area contributed by atoms with Crippen LogP contribution in [0, 0.1) is 33.1 Å². The van der Waals surface area contributed by atoms with E-state index in [9.17, 15) is 23.7 Å². The number of nitro benzene ring substituents is 1. The Hall–Kier alpha value is -3.28. The lowest BCUT2D eigenvalue weighted by molar-refractivity contribution is -0.387. The smallest absolute Gasteiger partial charge is 0.307 e. The summed E-state index contributed by atoms with van der Waals surface area (Å²) < 4.78 is 29.2. The second kappa shape index (κ2) is 6.32. The first-order chi connectivity index (χ1) is 11.5. The summed E-state index contributed by atoms with van der Waals surface area (Å²) in [6.07, 6.45) is 1.52. The van der Waals surface area contributed by atoms with Crippen LogP contribution in [0.3, 0.4) is 0 Å². The van der Waals surface area contributed by atoms with Crippen molar-refractivity contribution >= 4 is 17.4 Å². The minimum absolute atomic E-state index is 0.215. The summed E-state index contributed by atoms with van der Waals surface area (Å²) in [5.74, 6) is -3.31. The fraction of sp³-hybridized carbons (Fsp3) is 0.250. The van der Waals surface area contributed by atoms with Crippen molar-refractivity contribution < 1.29 is 18.5 Å². The number of benzene rings is 1. The van der Waals surface area contributed by atoms with E-state index in [1.807, 2.05) is 26.8 Å². The van der Waals surface area contributed by atoms with E-state index in [0.29, 0.717) is 12.1 Å². The van der Waals surface area contributed by atoms with Crippen LogP contribution in [0.2, 0.25) is 0 Å². The lowest BCUT2D eigenvalue weighted by Crippen LogP contribution is -2.25. The molecule has 1 aromatic carbocycles. The zero-order valence-electron chi connectivity index (χ0n) is 13.6. The normalized spacial score (nSPS) is 11.0. The molecule has 0 radical (unpaired) electrons. The number of hydrogen-bond acceptors (Lipinski definition) is 4. The predicted octanol–water partition coefficient (Wildman–Crippen LogP) is 3.55. The number of nitriles is 1. The quantitative estimate of drug-likeness (QED) is 0.677. The topological polar surface area (TPSA) is 101 Å². The van der Waals surface area contributed by atoms with E-state index in [4.69, 9.17) is 5.26 Å². The van der Waals surface area contributed by atoms with E-state index in [1.54, 1.807) is 4.57 Å². The molecule has 1 aromatic heterocycles. The summed E-state index contributed by atoms with van der Waals surface area (Å²) in [5.41, 5.74) is -1.94. The van der Waals surface area contributed by atoms with Crippen molar-refractivity contribution in [2.75, 3.05) is 5.32 Å². The first-order valence-corrected chi connectivity index (χ1v) is 7.12. The van der Waals surface area contributed by atoms with Crippen LogP contribution in [0.1, 0.15) is 36.7 Å². The third kappa shape index (κ3) is 3.63. The Labute approximate surface area is 141 Å². The van der Waals surface area contributed by atoms with Gasteiger partial charge in [-0.05, 0) is 32.9 Å². The molecule has 0 fully saturated rings. The number of amides is 1. The number of halogens is 2. The van der Waals surface area contributed by atoms with Gasteiger partial charge in [-0.2, -0.15) is 9.65 Å². The molecule has 2 aromatic rings. The van der Waals surface area contributed by atoms with Crippen LogP contribution in [0.5, 0.6) is 0 Å². The van der Waals surface area contributed by atoms with Gasteiger partial charge in [0.25, 0.3) is 5.91 Å². The summed E-state index contributed by atoms with van der Waals surface area (Å²) in [5, 5.41) is 22.0. The Kier molecular flexibility index (Phi) is 4.56. The highest BCUT2D eigenvalue weighted by Gasteiger charge is 2.24. The minimum Gasteiger partial charge on any atom is -0.328 e. The predicted molar refractivity (Wildman–Crippen MR) is 85.1 cm³/mol. The van der Waals surface area contributed by atoms with Gasteiger partial charge in [0.2, 0.25) is 5.82 Å². The van der Waals surface area contributed by atoms with Crippen LogP contribution in [0.25, 0.3) is 0 Å². The standard InChI is InChI=1S/C16H14F2N4O3/c1-16(2,3)21-8-9(7-19)4-14(21)20-15(23)10-5-12(18)13(22(24)25)6-11(10)17/h4-6,8H,1-3H3,(H,20,23). The third-order valence-electron chi connectivity index (χ3n) is 3.39. The average molecular weight is 348 g/mol. The van der Waals surface area contributed by atoms with Crippen molar-refractivity contribution in [3.8, 4) is 6.07 Å². The molecular formula is C16H14F2N4O3. The highest BCUT2D eigenvalue weighted by atomic mass is 19.1. The van der Waals surface area contributed by atoms with Gasteiger partial charge in [-0.15, -0.1) is 0 Å². The molecule has 9 heteroatoms. The van der Waals surface area contributed by atoms with Crippen molar-refractivity contribution in [2.24, 2.45) is 0 Å². The maximum Gasteiger partial charge on any atom is 0.307 e. The van der Waals surface area contributed by atoms with Gasteiger partial charge in [-0.1, -0.05) is 0 Å². The lowest BCUT2D eigenvalue weighted by atomic mass is 10.1. The number of nitrogens with one attached hydrogen (secondary N) is 1. The molecule has 25 heavy (non-hydrogen) atoms. The first kappa shape index (κ1) is 18.1. The van der Waals surface area contributed by atoms with Crippen LogP contribution in [0.15, 0.2) is 24.4 Å². The van der Waals surface area contributed by atoms with Gasteiger partial charge in [0.1, 0.15) is 17.7 Å². The number of nitrogens with zero attached hydrogens (tertiary/aromatic N) is 3. The van der Waals surface area contributed by atoms with Crippen molar-refractivity contribution in [1.29, 1.82) is 5.26 Å². The van der Waals surface area contributed by atoms with E-state index >= 15 is 0 Å². The molecule has 7 nitrogen and oxygen atoms in total. The van der Waals surface area contributed by atoms with Crippen LogP contribution < -0.4 is 5.32 Å². The maximum absolute atomic E-state index is 14.0. The minimum atomic E-state index is -1.32. The molecule has 0 spiro atoms. The van der Waals surface area contributed by atoms with Crippen molar-refractivity contribution in [3.63, 3.8) is 0 Å². The van der Waals surface area contributed by atoms with Crippen LogP contribution in [0.4, 0.5) is 20.3 Å². The Morgan fingerprint density at radius 1 is 1.28 bits per heavy atom. The Morgan fingerprint density at radius 3 is 2.44 bits per heavy atom. The van der Waals surface area contributed by atoms with Crippen LogP contribution >= 0.6 is 0 Å². The molecule has 2 rings (SSSR count). The fourth-order valence-electron chi connectivity index (χ4n) is 2.21. The van der Waals surface area contributed by atoms with Gasteiger partial charge >= 0.3 is 5.69 Å². The zero-order chi connectivity index (χ0) is 18.9. The fourth-order valence-corrected chi connectivity index (χ4v) is 2.21. The average Bonchev–Trinajstić information content (AvgIpc) is 2.92. The highest BCUT2D eigenvalue weighted by molar-refractivity contribution is 6.04. The molecule has 0 unspecified atom stereocenters. The molecule has 1 amide bonds. The molecular weight excluding hydrogens is 334 g/mol. The van der Waals surface area contributed by atoms with Crippen molar-refractivity contribution in [3.05, 3.63) is 57.3 Å². The first-order valence-electron chi connectivity index (χ1n) is 7.12. The number of nitro groups is 1. The van der Waals surface area contributed by atoms with Gasteiger partial charge in [0.15, 0.2) is 0 Å². The van der Waals surface area contributed by atoms with Gasteiger partial charge in [-0.3, -0.25) is 14.9 Å².